The van der Waals surface area contributed by atoms with Crippen LogP contribution in [-0.2, 0) is 58.9 Å². The van der Waals surface area contributed by atoms with Crippen molar-refractivity contribution in [1.82, 2.24) is 31.1 Å². The Morgan fingerprint density at radius 3 is 2.30 bits per heavy atom. The second-order valence-corrected chi connectivity index (χ2v) is 22.6. The number of unbranched alkanes of at least 4 members (excludes halogenated alkanes) is 2. The maximum absolute atomic E-state index is 16.1. The number of alkyl carbamates (subject to hydrolysis) is 1. The minimum Gasteiger partial charge on any atom is -0.495 e. The molecule has 8 N–H and O–H groups in total. The highest BCUT2D eigenvalue weighted by Gasteiger charge is 2.62. The minimum absolute atomic E-state index is 0.0258. The number of imide groups is 1. The van der Waals surface area contributed by atoms with E-state index in [2.05, 4.69) is 33.2 Å². The Kier molecular flexibility index (Phi) is 25.0. The average molecular weight is 1240 g/mol. The van der Waals surface area contributed by atoms with Crippen LogP contribution in [0.25, 0.3) is 0 Å². The molecule has 0 unspecified atom stereocenters. The van der Waals surface area contributed by atoms with Gasteiger partial charge in [-0.05, 0) is 102 Å². The third-order valence-electron chi connectivity index (χ3n) is 15.6. The van der Waals surface area contributed by atoms with Crippen LogP contribution in [0, 0.1) is 11.7 Å². The number of allylic oxidation sites excluding steroid dienone is 2. The lowest BCUT2D eigenvalue weighted by Crippen LogP contribution is -2.62. The van der Waals surface area contributed by atoms with Gasteiger partial charge in [0.05, 0.1) is 30.9 Å². The summed E-state index contributed by atoms with van der Waals surface area (Å²) in [7, 11) is 5.48. The number of aliphatic hydroxyl groups is 1. The standard InChI is InChI=1S/C60H81ClFN9O16/c1-12-34(5)26-36-27-42(51(61)43(28-36)83-10)70(9)50(75)31-45(59(7)46(87-59)30-38-32-60(82,44(13-2)84-11)68-58(81)85-38)86-56(79)35(6)69(8)55(78)39-21-20-37(29-40(39)62)65-53(76)41(18-17-24-64-57(63)80)66-54(77)52(33(3)4)67-47(72)19-15-14-16-25-71-48(73)22-23-49(71)74/h12-13,20-23,27-29,33,35,38,41,44-46,52,82H,2,14-19,24-26,30-32H2,1,3-11H3,(H,65,76)(H,66,77)(H,67,72)(H,68,81)(H3,63,64,80)/b34-12+/t35-,38+,41-,44+,45-,46-,52-,59-,60-/m0/s1. The van der Waals surface area contributed by atoms with Gasteiger partial charge in [0.2, 0.25) is 23.6 Å². The van der Waals surface area contributed by atoms with Crippen LogP contribution in [0.5, 0.6) is 5.75 Å². The Bertz CT molecular complexity index is 2980. The molecular weight excluding hydrogens is 1160 g/mol. The van der Waals surface area contributed by atoms with E-state index >= 15 is 4.39 Å². The molecule has 3 heterocycles. The molecule has 0 bridgehead atoms. The third kappa shape index (κ3) is 18.5. The van der Waals surface area contributed by atoms with E-state index in [4.69, 9.17) is 41.0 Å². The normalized spacial score (nSPS) is 20.6. The van der Waals surface area contributed by atoms with Gasteiger partial charge < -0.3 is 65.6 Å². The number of amides is 10. The molecule has 0 saturated carbocycles. The van der Waals surface area contributed by atoms with Gasteiger partial charge in [0, 0.05) is 71.4 Å². The monoisotopic (exact) mass is 1240 g/mol. The predicted octanol–water partition coefficient (Wildman–Crippen LogP) is 4.86. The number of anilines is 2. The number of nitrogens with two attached hydrogens (primary N) is 1. The fourth-order valence-corrected chi connectivity index (χ4v) is 10.3. The number of urea groups is 1. The Morgan fingerprint density at radius 2 is 1.69 bits per heavy atom. The molecule has 9 atom stereocenters. The first kappa shape index (κ1) is 69.8. The van der Waals surface area contributed by atoms with Crippen molar-refractivity contribution in [3.63, 3.8) is 0 Å². The largest absolute Gasteiger partial charge is 0.495 e. The number of rotatable bonds is 32. The van der Waals surface area contributed by atoms with E-state index in [9.17, 15) is 53.1 Å². The van der Waals surface area contributed by atoms with Crippen molar-refractivity contribution < 1.29 is 81.1 Å². The molecule has 2 saturated heterocycles. The maximum atomic E-state index is 16.1. The van der Waals surface area contributed by atoms with Crippen LogP contribution in [0.3, 0.4) is 0 Å². The number of esters is 1. The molecule has 2 aromatic carbocycles. The van der Waals surface area contributed by atoms with E-state index in [1.54, 1.807) is 32.9 Å². The summed E-state index contributed by atoms with van der Waals surface area (Å²) in [6, 6.07) is 2.01. The molecule has 2 fully saturated rings. The number of likely N-dealkylation sites (N-methyl/N-ethyl adjacent to an activating group) is 1. The van der Waals surface area contributed by atoms with E-state index in [0.717, 1.165) is 33.1 Å². The quantitative estimate of drug-likeness (QED) is 0.0169. The highest BCUT2D eigenvalue weighted by atomic mass is 35.5. The number of nitrogens with zero attached hydrogens (tertiary/aromatic N) is 3. The zero-order valence-electron chi connectivity index (χ0n) is 50.8. The molecule has 3 aliphatic rings. The molecule has 27 heteroatoms. The number of hydrogen-bond donors (Lipinski definition) is 7. The van der Waals surface area contributed by atoms with Crippen LogP contribution in [-0.4, -0.2) is 170 Å². The van der Waals surface area contributed by atoms with Crippen molar-refractivity contribution in [3.05, 3.63) is 88.8 Å². The SMILES string of the molecule is C=C[C@@H](OC)[C@@]1(O)C[C@@H](C[C@@H]2O[C@@]2(C)[C@H](CC(=O)N(C)c2cc(C/C(C)=C/C)cc(OC)c2Cl)OC(=O)[C@H](C)N(C)C(=O)c2ccc(NC(=O)[C@H](CCCNC(N)=O)NC(=O)[C@@H](NC(=O)CCCCCN3C(=O)C=CC3=O)C(C)C)cc2F)OC(=O)N1. The van der Waals surface area contributed by atoms with Gasteiger partial charge in [-0.25, -0.2) is 18.8 Å². The average Bonchev–Trinajstić information content (AvgIpc) is 1.62. The first-order valence-electron chi connectivity index (χ1n) is 28.5. The molecule has 0 aromatic heterocycles. The highest BCUT2D eigenvalue weighted by Crippen LogP contribution is 2.47. The van der Waals surface area contributed by atoms with E-state index in [1.165, 1.54) is 64.4 Å². The summed E-state index contributed by atoms with van der Waals surface area (Å²) < 4.78 is 44.8. The molecule has 2 aromatic rings. The summed E-state index contributed by atoms with van der Waals surface area (Å²) in [6.45, 7) is 14.0. The summed E-state index contributed by atoms with van der Waals surface area (Å²) in [5.74, 6) is -6.63. The number of carbonyl (C=O) groups excluding carboxylic acids is 10. The van der Waals surface area contributed by atoms with E-state index in [1.807, 2.05) is 19.9 Å². The predicted molar refractivity (Wildman–Crippen MR) is 317 cm³/mol. The maximum Gasteiger partial charge on any atom is 0.409 e. The van der Waals surface area contributed by atoms with Gasteiger partial charge in [0.1, 0.15) is 58.6 Å². The first-order valence-corrected chi connectivity index (χ1v) is 28.9. The van der Waals surface area contributed by atoms with Crippen LogP contribution in [0.15, 0.2) is 66.8 Å². The smallest absolute Gasteiger partial charge is 0.409 e. The van der Waals surface area contributed by atoms with Gasteiger partial charge in [-0.3, -0.25) is 43.8 Å². The van der Waals surface area contributed by atoms with Crippen molar-refractivity contribution in [2.45, 2.75) is 160 Å². The molecule has 0 aliphatic carbocycles. The number of ether oxygens (including phenoxy) is 5. The van der Waals surface area contributed by atoms with Crippen molar-refractivity contribution in [2.75, 3.05) is 51.6 Å². The fraction of sp³-hybridized carbons (Fsp3) is 0.533. The molecule has 25 nitrogen and oxygen atoms in total. The number of epoxide rings is 1. The van der Waals surface area contributed by atoms with Gasteiger partial charge in [0.15, 0.2) is 5.72 Å². The molecule has 5 rings (SSSR count). The molecule has 476 valence electrons. The van der Waals surface area contributed by atoms with E-state index < -0.39 is 137 Å². The topological polar surface area (TPSA) is 336 Å². The van der Waals surface area contributed by atoms with E-state index in [0.29, 0.717) is 37.1 Å². The number of hydrogen-bond acceptors (Lipinski definition) is 16. The number of halogens is 2. The van der Waals surface area contributed by atoms with Crippen LogP contribution in [0.1, 0.15) is 115 Å². The zero-order chi connectivity index (χ0) is 64.7. The van der Waals surface area contributed by atoms with E-state index in [-0.39, 0.29) is 55.9 Å². The summed E-state index contributed by atoms with van der Waals surface area (Å²) in [6.07, 6.45) is 1.83. The Hall–Kier alpha value is -7.94. The lowest BCUT2D eigenvalue weighted by Gasteiger charge is -2.40. The fourth-order valence-electron chi connectivity index (χ4n) is 10.00. The second kappa shape index (κ2) is 31.1. The number of nitrogens with one attached hydrogen (secondary N) is 5. The van der Waals surface area contributed by atoms with Gasteiger partial charge in [-0.1, -0.05) is 49.6 Å². The first-order chi connectivity index (χ1) is 41.0. The van der Waals surface area contributed by atoms with Crippen LogP contribution in [0.2, 0.25) is 5.02 Å². The number of methoxy groups -OCH3 is 2. The van der Waals surface area contributed by atoms with Gasteiger partial charge >= 0.3 is 18.1 Å². The summed E-state index contributed by atoms with van der Waals surface area (Å²) in [4.78, 5) is 134. The third-order valence-corrected chi connectivity index (χ3v) is 15.9. The van der Waals surface area contributed by atoms with Crippen molar-refractivity contribution >= 4 is 82.4 Å². The molecular formula is C60H81ClFN9O16. The van der Waals surface area contributed by atoms with Crippen molar-refractivity contribution in [2.24, 2.45) is 11.7 Å². The zero-order valence-corrected chi connectivity index (χ0v) is 51.5. The molecule has 3 aliphatic heterocycles. The molecule has 10 amide bonds. The summed E-state index contributed by atoms with van der Waals surface area (Å²) >= 11 is 6.78. The van der Waals surface area contributed by atoms with Gasteiger partial charge in [-0.15, -0.1) is 6.58 Å². The van der Waals surface area contributed by atoms with Crippen LogP contribution in [0.4, 0.5) is 25.4 Å². The van der Waals surface area contributed by atoms with Crippen LogP contribution < -0.4 is 42.0 Å². The highest BCUT2D eigenvalue weighted by molar-refractivity contribution is 6.35. The lowest BCUT2D eigenvalue weighted by molar-refractivity contribution is -0.158. The Morgan fingerprint density at radius 1 is 1.00 bits per heavy atom. The Labute approximate surface area is 510 Å². The number of primary amides is 1. The van der Waals surface area contributed by atoms with Gasteiger partial charge in [-0.2, -0.15) is 0 Å². The number of cyclic esters (lactones) is 1. The Balaban J connectivity index is 1.30. The van der Waals surface area contributed by atoms with Crippen molar-refractivity contribution in [3.8, 4) is 5.75 Å². The number of carbonyl (C=O) groups is 10. The second-order valence-electron chi connectivity index (χ2n) is 22.3. The van der Waals surface area contributed by atoms with Gasteiger partial charge in [0.25, 0.3) is 17.7 Å². The lowest BCUT2D eigenvalue weighted by atomic mass is 9.90. The summed E-state index contributed by atoms with van der Waals surface area (Å²) in [5.41, 5.74) is 3.35. The molecule has 87 heavy (non-hydrogen) atoms. The summed E-state index contributed by atoms with van der Waals surface area (Å²) in [5, 5.41) is 24.2. The minimum atomic E-state index is -1.91. The van der Waals surface area contributed by atoms with Crippen LogP contribution >= 0.6 is 11.6 Å². The molecule has 0 radical (unpaired) electrons. The number of benzene rings is 2. The molecule has 0 spiro atoms. The van der Waals surface area contributed by atoms with Crippen molar-refractivity contribution in [1.29, 1.82) is 0 Å².